The number of nitrogens with zero attached hydrogens (tertiary/aromatic N) is 1. The van der Waals surface area contributed by atoms with E-state index in [9.17, 15) is 9.59 Å². The number of carbonyl (C=O) groups is 2. The molecule has 1 aromatic carbocycles. The second-order valence-electron chi connectivity index (χ2n) is 5.61. The van der Waals surface area contributed by atoms with E-state index in [0.29, 0.717) is 12.0 Å². The van der Waals surface area contributed by atoms with Gasteiger partial charge in [0.1, 0.15) is 0 Å². The molecule has 0 spiro atoms. The minimum Gasteiger partial charge on any atom is -0.335 e. The van der Waals surface area contributed by atoms with E-state index in [1.807, 2.05) is 34.9 Å². The highest BCUT2D eigenvalue weighted by atomic mass is 32.2. The minimum absolute atomic E-state index is 0.0235. The molecule has 0 aromatic heterocycles. The van der Waals surface area contributed by atoms with E-state index >= 15 is 0 Å². The van der Waals surface area contributed by atoms with Gasteiger partial charge in [-0.15, -0.1) is 11.8 Å². The number of hydrogen-bond acceptors (Lipinski definition) is 4. The maximum Gasteiger partial charge on any atom is 0.254 e. The van der Waals surface area contributed by atoms with E-state index in [1.54, 1.807) is 11.8 Å². The van der Waals surface area contributed by atoms with Crippen LogP contribution in [0.4, 0.5) is 5.69 Å². The Morgan fingerprint density at radius 2 is 2.18 bits per heavy atom. The van der Waals surface area contributed by atoms with Crippen molar-refractivity contribution in [3.8, 4) is 0 Å². The number of anilines is 1. The molecular formula is C16H20N2O2S2. The van der Waals surface area contributed by atoms with Gasteiger partial charge in [0.15, 0.2) is 0 Å². The SMILES string of the molecule is CC1CCSCCN1C(=O)c1ccc2c(c1)NC(=O)CCS2. The van der Waals surface area contributed by atoms with E-state index < -0.39 is 0 Å². The molecule has 3 rings (SSSR count). The predicted molar refractivity (Wildman–Crippen MR) is 92.9 cm³/mol. The summed E-state index contributed by atoms with van der Waals surface area (Å²) in [6, 6.07) is 5.94. The number of nitrogens with one attached hydrogen (secondary N) is 1. The number of amides is 2. The fourth-order valence-corrected chi connectivity index (χ4v) is 4.69. The normalized spacial score (nSPS) is 22.3. The molecule has 2 heterocycles. The lowest BCUT2D eigenvalue weighted by molar-refractivity contribution is -0.115. The van der Waals surface area contributed by atoms with E-state index in [0.717, 1.165) is 40.8 Å². The number of thioether (sulfide) groups is 2. The van der Waals surface area contributed by atoms with Crippen molar-refractivity contribution < 1.29 is 9.59 Å². The van der Waals surface area contributed by atoms with Crippen LogP contribution in [0.5, 0.6) is 0 Å². The lowest BCUT2D eigenvalue weighted by Crippen LogP contribution is -2.39. The van der Waals surface area contributed by atoms with Crippen LogP contribution < -0.4 is 5.32 Å². The predicted octanol–water partition coefficient (Wildman–Crippen LogP) is 3.09. The van der Waals surface area contributed by atoms with E-state index in [-0.39, 0.29) is 17.9 Å². The molecule has 2 aliphatic heterocycles. The molecule has 0 radical (unpaired) electrons. The van der Waals surface area contributed by atoms with Gasteiger partial charge < -0.3 is 10.2 Å². The summed E-state index contributed by atoms with van der Waals surface area (Å²) in [7, 11) is 0. The lowest BCUT2D eigenvalue weighted by Gasteiger charge is -2.27. The fraction of sp³-hybridized carbons (Fsp3) is 0.500. The molecule has 1 aromatic rings. The van der Waals surface area contributed by atoms with Crippen molar-refractivity contribution in [1.82, 2.24) is 4.90 Å². The third-order valence-electron chi connectivity index (χ3n) is 4.04. The molecule has 6 heteroatoms. The van der Waals surface area contributed by atoms with Crippen LogP contribution in [0.2, 0.25) is 0 Å². The Bertz CT molecular complexity index is 592. The number of benzene rings is 1. The molecule has 22 heavy (non-hydrogen) atoms. The van der Waals surface area contributed by atoms with Crippen LogP contribution >= 0.6 is 23.5 Å². The first kappa shape index (κ1) is 15.7. The van der Waals surface area contributed by atoms with Gasteiger partial charge in [-0.1, -0.05) is 0 Å². The zero-order chi connectivity index (χ0) is 15.5. The molecule has 0 bridgehead atoms. The summed E-state index contributed by atoms with van der Waals surface area (Å²) < 4.78 is 0. The third-order valence-corrected chi connectivity index (χ3v) is 6.11. The Morgan fingerprint density at radius 3 is 3.05 bits per heavy atom. The van der Waals surface area contributed by atoms with Crippen LogP contribution in [-0.4, -0.2) is 46.6 Å². The smallest absolute Gasteiger partial charge is 0.254 e. The molecule has 1 fully saturated rings. The monoisotopic (exact) mass is 336 g/mol. The van der Waals surface area contributed by atoms with Crippen LogP contribution in [0, 0.1) is 0 Å². The zero-order valence-electron chi connectivity index (χ0n) is 12.6. The molecule has 2 amide bonds. The second kappa shape index (κ2) is 6.96. The standard InChI is InChI=1S/C16H20N2O2S2/c1-11-4-7-21-9-6-18(11)16(20)12-2-3-14-13(10-12)17-15(19)5-8-22-14/h2-3,10-11H,4-9H2,1H3,(H,17,19). The summed E-state index contributed by atoms with van der Waals surface area (Å²) in [4.78, 5) is 27.5. The third kappa shape index (κ3) is 3.43. The molecule has 1 atom stereocenters. The van der Waals surface area contributed by atoms with Gasteiger partial charge in [0.2, 0.25) is 5.91 Å². The molecule has 4 nitrogen and oxygen atoms in total. The average molecular weight is 336 g/mol. The molecule has 118 valence electrons. The van der Waals surface area contributed by atoms with Crippen molar-refractivity contribution in [2.75, 3.05) is 29.1 Å². The molecule has 2 aliphatic rings. The summed E-state index contributed by atoms with van der Waals surface area (Å²) in [6.07, 6.45) is 1.55. The zero-order valence-corrected chi connectivity index (χ0v) is 14.3. The van der Waals surface area contributed by atoms with Crippen LogP contribution in [0.3, 0.4) is 0 Å². The van der Waals surface area contributed by atoms with Gasteiger partial charge in [-0.05, 0) is 37.3 Å². The summed E-state index contributed by atoms with van der Waals surface area (Å²) in [5.41, 5.74) is 1.44. The Balaban J connectivity index is 1.85. The van der Waals surface area contributed by atoms with Gasteiger partial charge >= 0.3 is 0 Å². The highest BCUT2D eigenvalue weighted by Gasteiger charge is 2.24. The Hall–Kier alpha value is -1.14. The van der Waals surface area contributed by atoms with Gasteiger partial charge in [0.05, 0.1) is 5.69 Å². The van der Waals surface area contributed by atoms with Crippen molar-refractivity contribution >= 4 is 41.0 Å². The fourth-order valence-electron chi connectivity index (χ4n) is 2.72. The summed E-state index contributed by atoms with van der Waals surface area (Å²) in [5, 5.41) is 2.91. The van der Waals surface area contributed by atoms with Crippen molar-refractivity contribution in [2.24, 2.45) is 0 Å². The Morgan fingerprint density at radius 1 is 1.32 bits per heavy atom. The average Bonchev–Trinajstić information content (AvgIpc) is 2.82. The van der Waals surface area contributed by atoms with Crippen molar-refractivity contribution in [1.29, 1.82) is 0 Å². The van der Waals surface area contributed by atoms with Gasteiger partial charge in [-0.3, -0.25) is 9.59 Å². The largest absolute Gasteiger partial charge is 0.335 e. The first-order valence-electron chi connectivity index (χ1n) is 7.60. The van der Waals surface area contributed by atoms with Crippen LogP contribution in [0.1, 0.15) is 30.1 Å². The summed E-state index contributed by atoms with van der Waals surface area (Å²) in [5.74, 6) is 2.98. The molecule has 1 unspecified atom stereocenters. The van der Waals surface area contributed by atoms with Crippen molar-refractivity contribution in [3.63, 3.8) is 0 Å². The molecular weight excluding hydrogens is 316 g/mol. The molecule has 0 saturated carbocycles. The van der Waals surface area contributed by atoms with Crippen molar-refractivity contribution in [2.45, 2.75) is 30.7 Å². The topological polar surface area (TPSA) is 49.4 Å². The maximum atomic E-state index is 12.8. The Labute approximate surface area is 139 Å². The minimum atomic E-state index is 0.0235. The molecule has 1 N–H and O–H groups in total. The molecule has 0 aliphatic carbocycles. The number of rotatable bonds is 1. The van der Waals surface area contributed by atoms with Gasteiger partial charge in [-0.2, -0.15) is 11.8 Å². The highest BCUT2D eigenvalue weighted by molar-refractivity contribution is 7.99. The summed E-state index contributed by atoms with van der Waals surface area (Å²) >= 11 is 3.57. The number of fused-ring (bicyclic) bond motifs is 1. The second-order valence-corrected chi connectivity index (χ2v) is 7.97. The van der Waals surface area contributed by atoms with Gasteiger partial charge in [-0.25, -0.2) is 0 Å². The van der Waals surface area contributed by atoms with Crippen molar-refractivity contribution in [3.05, 3.63) is 23.8 Å². The van der Waals surface area contributed by atoms with E-state index in [4.69, 9.17) is 0 Å². The van der Waals surface area contributed by atoms with Gasteiger partial charge in [0.25, 0.3) is 5.91 Å². The lowest BCUT2D eigenvalue weighted by atomic mass is 10.1. The Kier molecular flexibility index (Phi) is 4.98. The van der Waals surface area contributed by atoms with Crippen LogP contribution in [0.25, 0.3) is 0 Å². The quantitative estimate of drug-likeness (QED) is 0.856. The first-order chi connectivity index (χ1) is 10.6. The highest BCUT2D eigenvalue weighted by Crippen LogP contribution is 2.32. The maximum absolute atomic E-state index is 12.8. The summed E-state index contributed by atoms with van der Waals surface area (Å²) in [6.45, 7) is 2.91. The first-order valence-corrected chi connectivity index (χ1v) is 9.74. The van der Waals surface area contributed by atoms with E-state index in [2.05, 4.69) is 12.2 Å². The van der Waals surface area contributed by atoms with Crippen LogP contribution in [-0.2, 0) is 4.79 Å². The number of carbonyl (C=O) groups excluding carboxylic acids is 2. The number of hydrogen-bond donors (Lipinski definition) is 1. The van der Waals surface area contributed by atoms with Crippen LogP contribution in [0.15, 0.2) is 23.1 Å². The molecule has 1 saturated heterocycles. The van der Waals surface area contributed by atoms with E-state index in [1.165, 1.54) is 0 Å². The van der Waals surface area contributed by atoms with Gasteiger partial charge in [0, 0.05) is 41.0 Å².